The van der Waals surface area contributed by atoms with Gasteiger partial charge in [0.2, 0.25) is 0 Å². The molecule has 6 nitrogen and oxygen atoms in total. The van der Waals surface area contributed by atoms with E-state index in [1.807, 2.05) is 6.08 Å². The molecule has 0 fully saturated rings. The number of hydrogen-bond acceptors (Lipinski definition) is 6. The monoisotopic (exact) mass is 849 g/mol. The van der Waals surface area contributed by atoms with Crippen molar-refractivity contribution in [2.24, 2.45) is 0 Å². The Balaban J connectivity index is 4.50. The van der Waals surface area contributed by atoms with E-state index in [1.165, 1.54) is 103 Å². The summed E-state index contributed by atoms with van der Waals surface area (Å²) in [6.45, 7) is 6.39. The van der Waals surface area contributed by atoms with Crippen molar-refractivity contribution in [1.82, 2.24) is 0 Å². The molecule has 348 valence electrons. The first-order valence-electron chi connectivity index (χ1n) is 25.1. The summed E-state index contributed by atoms with van der Waals surface area (Å²) >= 11 is 0. The van der Waals surface area contributed by atoms with E-state index in [1.54, 1.807) is 6.08 Å². The van der Waals surface area contributed by atoms with Gasteiger partial charge in [-0.3, -0.25) is 14.4 Å². The number of carbonyl (C=O) groups excluding carboxylic acids is 3. The molecule has 0 aromatic carbocycles. The summed E-state index contributed by atoms with van der Waals surface area (Å²) < 4.78 is 16.6. The molecule has 0 heterocycles. The van der Waals surface area contributed by atoms with Gasteiger partial charge in [0, 0.05) is 12.8 Å². The number of unbranched alkanes of at least 4 members (excludes halogenated alkanes) is 20. The second kappa shape index (κ2) is 49.2. The minimum Gasteiger partial charge on any atom is -0.462 e. The van der Waals surface area contributed by atoms with Crippen LogP contribution >= 0.6 is 0 Å². The normalized spacial score (nSPS) is 12.8. The van der Waals surface area contributed by atoms with Crippen LogP contribution in [0.15, 0.2) is 85.1 Å². The molecule has 0 aliphatic carbocycles. The molecule has 0 aliphatic rings. The quantitative estimate of drug-likeness (QED) is 0.0263. The summed E-state index contributed by atoms with van der Waals surface area (Å²) in [7, 11) is 0. The average molecular weight is 849 g/mol. The standard InChI is InChI=1S/C55H92O6/c1-4-7-10-13-16-19-22-24-26-27-29-30-33-36-39-42-45-48-54(57)60-51-52(50-59-53(56)47-44-41-38-35-32-21-18-15-12-9-6-3)61-55(58)49-46-43-40-37-34-31-28-25-23-20-17-14-11-8-5-2/h8,11,16-17,19-20,24-26,28,34,37,43,46,52H,4-7,9-10,12-15,18,21-23,27,29-33,35-36,38-42,44-45,47-51H2,1-3H3/b11-8-,19-16-,20-17-,26-24-,28-25-,37-34-,46-43-. The molecule has 0 saturated carbocycles. The summed E-state index contributed by atoms with van der Waals surface area (Å²) in [6.07, 6.45) is 63.0. The van der Waals surface area contributed by atoms with Gasteiger partial charge in [-0.15, -0.1) is 0 Å². The maximum absolute atomic E-state index is 12.7. The molecule has 0 aromatic heterocycles. The van der Waals surface area contributed by atoms with Crippen LogP contribution in [0.3, 0.4) is 0 Å². The van der Waals surface area contributed by atoms with Crippen molar-refractivity contribution in [2.75, 3.05) is 13.2 Å². The highest BCUT2D eigenvalue weighted by molar-refractivity contribution is 5.72. The molecule has 0 aromatic rings. The Labute approximate surface area is 375 Å². The van der Waals surface area contributed by atoms with Gasteiger partial charge >= 0.3 is 17.9 Å². The van der Waals surface area contributed by atoms with Crippen LogP contribution in [0.4, 0.5) is 0 Å². The van der Waals surface area contributed by atoms with Crippen LogP contribution in [0.2, 0.25) is 0 Å². The zero-order valence-electron chi connectivity index (χ0n) is 39.7. The lowest BCUT2D eigenvalue weighted by atomic mass is 10.1. The fraction of sp³-hybridized carbons (Fsp3) is 0.691. The third-order valence-electron chi connectivity index (χ3n) is 10.4. The van der Waals surface area contributed by atoms with E-state index in [4.69, 9.17) is 14.2 Å². The van der Waals surface area contributed by atoms with E-state index in [0.29, 0.717) is 12.8 Å². The zero-order valence-corrected chi connectivity index (χ0v) is 39.7. The Morgan fingerprint density at radius 3 is 1.11 bits per heavy atom. The zero-order chi connectivity index (χ0) is 44.4. The van der Waals surface area contributed by atoms with Crippen molar-refractivity contribution < 1.29 is 28.6 Å². The fourth-order valence-corrected chi connectivity index (χ4v) is 6.66. The topological polar surface area (TPSA) is 78.9 Å². The van der Waals surface area contributed by atoms with Gasteiger partial charge in [-0.2, -0.15) is 0 Å². The summed E-state index contributed by atoms with van der Waals surface area (Å²) in [5.74, 6) is -1.06. The largest absolute Gasteiger partial charge is 0.462 e. The highest BCUT2D eigenvalue weighted by atomic mass is 16.6. The number of allylic oxidation sites excluding steroid dienone is 13. The molecule has 0 bridgehead atoms. The minimum absolute atomic E-state index is 0.0954. The van der Waals surface area contributed by atoms with Crippen LogP contribution in [0.5, 0.6) is 0 Å². The van der Waals surface area contributed by atoms with Crippen LogP contribution in [-0.2, 0) is 28.6 Å². The number of rotatable bonds is 44. The highest BCUT2D eigenvalue weighted by Crippen LogP contribution is 2.14. The first-order chi connectivity index (χ1) is 30.0. The first kappa shape index (κ1) is 57.6. The van der Waals surface area contributed by atoms with E-state index >= 15 is 0 Å². The molecule has 0 spiro atoms. The van der Waals surface area contributed by atoms with E-state index in [9.17, 15) is 14.4 Å². The number of hydrogen-bond donors (Lipinski definition) is 0. The van der Waals surface area contributed by atoms with Crippen molar-refractivity contribution >= 4 is 17.9 Å². The second-order valence-electron chi connectivity index (χ2n) is 16.4. The molecule has 0 N–H and O–H groups in total. The summed E-state index contributed by atoms with van der Waals surface area (Å²) in [5, 5.41) is 0. The van der Waals surface area contributed by atoms with Crippen LogP contribution < -0.4 is 0 Å². The molecule has 0 radical (unpaired) electrons. The SMILES string of the molecule is CC/C=C\C/C=C\C/C=C\C/C=C\C/C=C\CC(=O)OC(COC(=O)CCCCCCCCC/C=C\C/C=C\CCCCC)COC(=O)CCCCCCCCCCCCC. The van der Waals surface area contributed by atoms with Crippen LogP contribution in [0.1, 0.15) is 226 Å². The van der Waals surface area contributed by atoms with Gasteiger partial charge < -0.3 is 14.2 Å². The molecule has 0 saturated heterocycles. The lowest BCUT2D eigenvalue weighted by Gasteiger charge is -2.18. The van der Waals surface area contributed by atoms with Crippen molar-refractivity contribution in [3.63, 3.8) is 0 Å². The molecule has 0 amide bonds. The number of carbonyl (C=O) groups is 3. The van der Waals surface area contributed by atoms with E-state index in [-0.39, 0.29) is 31.6 Å². The Kier molecular flexibility index (Phi) is 46.5. The molecular formula is C55H92O6. The van der Waals surface area contributed by atoms with Gasteiger partial charge in [-0.05, 0) is 77.0 Å². The van der Waals surface area contributed by atoms with E-state index in [2.05, 4.69) is 93.7 Å². The van der Waals surface area contributed by atoms with Crippen molar-refractivity contribution in [3.8, 4) is 0 Å². The maximum atomic E-state index is 12.7. The van der Waals surface area contributed by atoms with Gasteiger partial charge in [-0.1, -0.05) is 215 Å². The predicted octanol–water partition coefficient (Wildman–Crippen LogP) is 16.4. The minimum atomic E-state index is -0.831. The molecular weight excluding hydrogens is 757 g/mol. The Morgan fingerprint density at radius 1 is 0.361 bits per heavy atom. The molecule has 0 rings (SSSR count). The summed E-state index contributed by atoms with van der Waals surface area (Å²) in [5.41, 5.74) is 0. The third kappa shape index (κ3) is 47.5. The Bertz CT molecular complexity index is 1200. The van der Waals surface area contributed by atoms with Crippen LogP contribution in [0, 0.1) is 0 Å². The van der Waals surface area contributed by atoms with Gasteiger partial charge in [0.15, 0.2) is 6.10 Å². The third-order valence-corrected chi connectivity index (χ3v) is 10.4. The Morgan fingerprint density at radius 2 is 0.689 bits per heavy atom. The van der Waals surface area contributed by atoms with Crippen molar-refractivity contribution in [2.45, 2.75) is 232 Å². The molecule has 0 aliphatic heterocycles. The number of ether oxygens (including phenoxy) is 3. The maximum Gasteiger partial charge on any atom is 0.310 e. The summed E-state index contributed by atoms with van der Waals surface area (Å²) in [4.78, 5) is 37.8. The van der Waals surface area contributed by atoms with E-state index in [0.717, 1.165) is 83.5 Å². The number of esters is 3. The molecule has 1 atom stereocenters. The predicted molar refractivity (Wildman–Crippen MR) is 261 cm³/mol. The molecule has 6 heteroatoms. The lowest BCUT2D eigenvalue weighted by molar-refractivity contribution is -0.166. The first-order valence-corrected chi connectivity index (χ1v) is 25.1. The van der Waals surface area contributed by atoms with Gasteiger partial charge in [0.25, 0.3) is 0 Å². The molecule has 61 heavy (non-hydrogen) atoms. The van der Waals surface area contributed by atoms with Crippen LogP contribution in [0.25, 0.3) is 0 Å². The van der Waals surface area contributed by atoms with Crippen LogP contribution in [-0.4, -0.2) is 37.2 Å². The summed E-state index contributed by atoms with van der Waals surface area (Å²) in [6, 6.07) is 0. The van der Waals surface area contributed by atoms with Crippen molar-refractivity contribution in [1.29, 1.82) is 0 Å². The highest BCUT2D eigenvalue weighted by Gasteiger charge is 2.19. The lowest BCUT2D eigenvalue weighted by Crippen LogP contribution is -2.30. The van der Waals surface area contributed by atoms with Gasteiger partial charge in [-0.25, -0.2) is 0 Å². The molecule has 1 unspecified atom stereocenters. The van der Waals surface area contributed by atoms with Gasteiger partial charge in [0.05, 0.1) is 6.42 Å². The van der Waals surface area contributed by atoms with Gasteiger partial charge in [0.1, 0.15) is 13.2 Å². The smallest absolute Gasteiger partial charge is 0.310 e. The average Bonchev–Trinajstić information content (AvgIpc) is 3.26. The van der Waals surface area contributed by atoms with Crippen molar-refractivity contribution in [3.05, 3.63) is 85.1 Å². The fourth-order valence-electron chi connectivity index (χ4n) is 6.66. The second-order valence-corrected chi connectivity index (χ2v) is 16.4. The Hall–Kier alpha value is -3.41. The van der Waals surface area contributed by atoms with E-state index < -0.39 is 12.1 Å².